The summed E-state index contributed by atoms with van der Waals surface area (Å²) in [6.07, 6.45) is -1.06. The molecule has 28 heavy (non-hydrogen) atoms. The van der Waals surface area contributed by atoms with E-state index in [1.54, 1.807) is 30.3 Å². The van der Waals surface area contributed by atoms with Gasteiger partial charge in [-0.05, 0) is 17.7 Å². The fourth-order valence-electron chi connectivity index (χ4n) is 2.66. The average Bonchev–Trinajstić information content (AvgIpc) is 2.72. The molecule has 3 aromatic carbocycles. The van der Waals surface area contributed by atoms with Crippen molar-refractivity contribution in [3.8, 4) is 5.75 Å². The minimum Gasteiger partial charge on any atom is -0.469 e. The summed E-state index contributed by atoms with van der Waals surface area (Å²) in [6, 6.07) is 22.6. The van der Waals surface area contributed by atoms with Crippen molar-refractivity contribution in [3.63, 3.8) is 0 Å². The van der Waals surface area contributed by atoms with Crippen LogP contribution in [0.25, 0.3) is 0 Å². The second-order valence-electron chi connectivity index (χ2n) is 5.95. The minimum atomic E-state index is -1.06. The van der Waals surface area contributed by atoms with E-state index in [4.69, 9.17) is 4.74 Å². The van der Waals surface area contributed by atoms with Gasteiger partial charge < -0.3 is 10.1 Å². The summed E-state index contributed by atoms with van der Waals surface area (Å²) in [5.41, 5.74) is 1.31. The van der Waals surface area contributed by atoms with Crippen LogP contribution in [0.2, 0.25) is 0 Å². The number of nitro benzene ring substituents is 1. The normalized spacial score (nSPS) is 11.5. The predicted octanol–water partition coefficient (Wildman–Crippen LogP) is 4.79. The van der Waals surface area contributed by atoms with Crippen LogP contribution in [0, 0.1) is 10.1 Å². The number of carbonyl (C=O) groups excluding carboxylic acids is 1. The lowest BCUT2D eigenvalue weighted by Crippen LogP contribution is -2.32. The second kappa shape index (κ2) is 9.14. The third-order valence-corrected chi connectivity index (χ3v) is 4.76. The van der Waals surface area contributed by atoms with E-state index in [2.05, 4.69) is 21.2 Å². The van der Waals surface area contributed by atoms with Crippen molar-refractivity contribution in [2.75, 3.05) is 0 Å². The molecule has 0 saturated carbocycles. The van der Waals surface area contributed by atoms with Gasteiger partial charge in [-0.25, -0.2) is 0 Å². The van der Waals surface area contributed by atoms with Gasteiger partial charge in [0.15, 0.2) is 5.75 Å². The van der Waals surface area contributed by atoms with Crippen LogP contribution in [0.15, 0.2) is 83.3 Å². The fraction of sp³-hybridized carbons (Fsp3) is 0.0952. The van der Waals surface area contributed by atoms with Crippen LogP contribution in [0.3, 0.4) is 0 Å². The molecule has 0 fully saturated rings. The summed E-state index contributed by atoms with van der Waals surface area (Å²) in [5, 5.41) is 14.1. The highest BCUT2D eigenvalue weighted by Gasteiger charge is 2.27. The predicted molar refractivity (Wildman–Crippen MR) is 109 cm³/mol. The summed E-state index contributed by atoms with van der Waals surface area (Å²) in [4.78, 5) is 23.7. The van der Waals surface area contributed by atoms with E-state index in [9.17, 15) is 14.9 Å². The molecule has 3 aromatic rings. The molecule has 0 aliphatic carbocycles. The Labute approximate surface area is 170 Å². The number of nitrogens with zero attached hydrogens (tertiary/aromatic N) is 1. The van der Waals surface area contributed by atoms with Crippen LogP contribution in [-0.4, -0.2) is 10.8 Å². The summed E-state index contributed by atoms with van der Waals surface area (Å²) in [7, 11) is 0. The Bertz CT molecular complexity index is 979. The van der Waals surface area contributed by atoms with Crippen LogP contribution in [0.1, 0.15) is 17.2 Å². The number of rotatable bonds is 7. The molecule has 0 aliphatic heterocycles. The standard InChI is InChI=1S/C21H17BrN2O4/c22-17-11-5-4-10-16(17)20(21(25)23-14-15-8-2-1-3-9-15)28-19-13-7-6-12-18(19)24(26)27/h1-13,20H,14H2,(H,23,25)/t20-/m0/s1. The third kappa shape index (κ3) is 4.75. The number of nitrogens with one attached hydrogen (secondary N) is 1. The summed E-state index contributed by atoms with van der Waals surface area (Å²) >= 11 is 3.43. The van der Waals surface area contributed by atoms with E-state index in [-0.39, 0.29) is 11.4 Å². The number of benzene rings is 3. The summed E-state index contributed by atoms with van der Waals surface area (Å²) in [6.45, 7) is 0.320. The van der Waals surface area contributed by atoms with Crippen LogP contribution < -0.4 is 10.1 Å². The average molecular weight is 441 g/mol. The molecule has 0 bridgehead atoms. The Morgan fingerprint density at radius 3 is 2.36 bits per heavy atom. The largest absolute Gasteiger partial charge is 0.469 e. The van der Waals surface area contributed by atoms with Gasteiger partial charge in [0.1, 0.15) is 0 Å². The van der Waals surface area contributed by atoms with Gasteiger partial charge in [0.05, 0.1) is 4.92 Å². The summed E-state index contributed by atoms with van der Waals surface area (Å²) < 4.78 is 6.51. The topological polar surface area (TPSA) is 81.5 Å². The molecule has 1 amide bonds. The molecule has 0 saturated heterocycles. The molecule has 6 nitrogen and oxygen atoms in total. The Kier molecular flexibility index (Phi) is 6.39. The van der Waals surface area contributed by atoms with Gasteiger partial charge in [-0.3, -0.25) is 14.9 Å². The number of halogens is 1. The van der Waals surface area contributed by atoms with Gasteiger partial charge in [0, 0.05) is 22.6 Å². The lowest BCUT2D eigenvalue weighted by atomic mass is 10.1. The zero-order valence-electron chi connectivity index (χ0n) is 14.7. The molecular weight excluding hydrogens is 424 g/mol. The number of hydrogen-bond donors (Lipinski definition) is 1. The molecule has 7 heteroatoms. The smallest absolute Gasteiger partial charge is 0.310 e. The number of nitro groups is 1. The quantitative estimate of drug-likeness (QED) is 0.422. The van der Waals surface area contributed by atoms with E-state index < -0.39 is 16.9 Å². The van der Waals surface area contributed by atoms with E-state index >= 15 is 0 Å². The highest BCUT2D eigenvalue weighted by atomic mass is 79.9. The van der Waals surface area contributed by atoms with Crippen LogP contribution in [0.5, 0.6) is 5.75 Å². The van der Waals surface area contributed by atoms with Crippen molar-refractivity contribution in [1.29, 1.82) is 0 Å². The van der Waals surface area contributed by atoms with Gasteiger partial charge in [-0.15, -0.1) is 0 Å². The number of carbonyl (C=O) groups is 1. The van der Waals surface area contributed by atoms with Crippen LogP contribution >= 0.6 is 15.9 Å². The highest BCUT2D eigenvalue weighted by molar-refractivity contribution is 9.10. The van der Waals surface area contributed by atoms with Gasteiger partial charge in [0.2, 0.25) is 6.10 Å². The first-order valence-corrected chi connectivity index (χ1v) is 9.31. The Balaban J connectivity index is 1.89. The van der Waals surface area contributed by atoms with Gasteiger partial charge in [0.25, 0.3) is 5.91 Å². The molecule has 1 atom stereocenters. The van der Waals surface area contributed by atoms with Crippen molar-refractivity contribution in [2.24, 2.45) is 0 Å². The lowest BCUT2D eigenvalue weighted by molar-refractivity contribution is -0.386. The zero-order valence-corrected chi connectivity index (χ0v) is 16.3. The van der Waals surface area contributed by atoms with Crippen molar-refractivity contribution < 1.29 is 14.5 Å². The minimum absolute atomic E-state index is 0.0307. The molecule has 142 valence electrons. The van der Waals surface area contributed by atoms with Gasteiger partial charge in [-0.1, -0.05) is 76.6 Å². The van der Waals surface area contributed by atoms with E-state index in [1.165, 1.54) is 12.1 Å². The van der Waals surface area contributed by atoms with Crippen molar-refractivity contribution >= 4 is 27.5 Å². The Hall–Kier alpha value is -3.19. The molecule has 0 unspecified atom stereocenters. The fourth-order valence-corrected chi connectivity index (χ4v) is 3.15. The first-order chi connectivity index (χ1) is 13.6. The number of hydrogen-bond acceptors (Lipinski definition) is 4. The Morgan fingerprint density at radius 2 is 1.64 bits per heavy atom. The SMILES string of the molecule is O=C(NCc1ccccc1)[C@@H](Oc1ccccc1[N+](=O)[O-])c1ccccc1Br. The number of amides is 1. The van der Waals surface area contributed by atoms with Crippen molar-refractivity contribution in [3.05, 3.63) is 105 Å². The van der Waals surface area contributed by atoms with E-state index in [1.807, 2.05) is 36.4 Å². The van der Waals surface area contributed by atoms with E-state index in [0.29, 0.717) is 16.6 Å². The van der Waals surface area contributed by atoms with Crippen molar-refractivity contribution in [1.82, 2.24) is 5.32 Å². The van der Waals surface area contributed by atoms with Crippen LogP contribution in [-0.2, 0) is 11.3 Å². The third-order valence-electron chi connectivity index (χ3n) is 4.04. The maximum atomic E-state index is 12.9. The number of para-hydroxylation sites is 2. The molecule has 0 radical (unpaired) electrons. The molecular formula is C21H17BrN2O4. The maximum Gasteiger partial charge on any atom is 0.310 e. The first kappa shape index (κ1) is 19.6. The molecule has 0 heterocycles. The molecule has 0 aliphatic rings. The van der Waals surface area contributed by atoms with Crippen molar-refractivity contribution in [2.45, 2.75) is 12.6 Å². The monoisotopic (exact) mass is 440 g/mol. The summed E-state index contributed by atoms with van der Waals surface area (Å²) in [5.74, 6) is -0.364. The number of ether oxygens (including phenoxy) is 1. The lowest BCUT2D eigenvalue weighted by Gasteiger charge is -2.20. The van der Waals surface area contributed by atoms with E-state index in [0.717, 1.165) is 5.56 Å². The second-order valence-corrected chi connectivity index (χ2v) is 6.80. The van der Waals surface area contributed by atoms with Gasteiger partial charge in [-0.2, -0.15) is 0 Å². The first-order valence-electron chi connectivity index (χ1n) is 8.52. The van der Waals surface area contributed by atoms with Gasteiger partial charge >= 0.3 is 5.69 Å². The molecule has 0 spiro atoms. The van der Waals surface area contributed by atoms with Crippen LogP contribution in [0.4, 0.5) is 5.69 Å². The molecule has 3 rings (SSSR count). The molecule has 1 N–H and O–H groups in total. The maximum absolute atomic E-state index is 12.9. The zero-order chi connectivity index (χ0) is 19.9. The molecule has 0 aromatic heterocycles. The Morgan fingerprint density at radius 1 is 1.00 bits per heavy atom. The highest BCUT2D eigenvalue weighted by Crippen LogP contribution is 2.33.